The van der Waals surface area contributed by atoms with E-state index in [1.165, 1.54) is 12.1 Å². The van der Waals surface area contributed by atoms with E-state index in [-0.39, 0.29) is 17.5 Å². The van der Waals surface area contributed by atoms with E-state index in [1.807, 2.05) is 19.1 Å². The number of carbonyl (C=O) groups is 1. The highest BCUT2D eigenvalue weighted by Gasteiger charge is 2.51. The van der Waals surface area contributed by atoms with Crippen LogP contribution in [0.4, 0.5) is 4.39 Å². The zero-order valence-electron chi connectivity index (χ0n) is 14.0. The van der Waals surface area contributed by atoms with Gasteiger partial charge in [-0.1, -0.05) is 30.3 Å². The molecule has 0 spiro atoms. The molecule has 0 saturated carbocycles. The summed E-state index contributed by atoms with van der Waals surface area (Å²) in [6.45, 7) is 1.98. The number of hydrogen-bond donors (Lipinski definition) is 1. The summed E-state index contributed by atoms with van der Waals surface area (Å²) in [4.78, 5) is 11.4. The molecular formula is C22H15FO3. The molecule has 3 nitrogen and oxygen atoms in total. The zero-order chi connectivity index (χ0) is 18.1. The molecule has 2 atom stereocenters. The molecule has 0 saturated heterocycles. The van der Waals surface area contributed by atoms with Crippen LogP contribution in [0.15, 0.2) is 60.7 Å². The molecular weight excluding hydrogens is 331 g/mol. The summed E-state index contributed by atoms with van der Waals surface area (Å²) >= 11 is 0. The maximum Gasteiger partial charge on any atom is 0.335 e. The van der Waals surface area contributed by atoms with Crippen molar-refractivity contribution in [1.82, 2.24) is 0 Å². The number of halogens is 1. The van der Waals surface area contributed by atoms with E-state index in [2.05, 4.69) is 12.1 Å². The summed E-state index contributed by atoms with van der Waals surface area (Å²) in [7, 11) is 0. The maximum absolute atomic E-state index is 13.2. The van der Waals surface area contributed by atoms with Crippen LogP contribution in [-0.4, -0.2) is 11.1 Å². The highest BCUT2D eigenvalue weighted by Crippen LogP contribution is 2.58. The summed E-state index contributed by atoms with van der Waals surface area (Å²) in [6.07, 6.45) is -0.171. The van der Waals surface area contributed by atoms with Gasteiger partial charge in [-0.25, -0.2) is 9.18 Å². The van der Waals surface area contributed by atoms with E-state index in [9.17, 15) is 14.3 Å². The second kappa shape index (κ2) is 5.02. The number of hydrogen-bond acceptors (Lipinski definition) is 2. The third kappa shape index (κ3) is 1.93. The monoisotopic (exact) mass is 346 g/mol. The molecule has 0 fully saturated rings. The van der Waals surface area contributed by atoms with Crippen LogP contribution in [-0.2, 0) is 10.3 Å². The Kier molecular flexibility index (Phi) is 2.95. The van der Waals surface area contributed by atoms with Crippen molar-refractivity contribution in [2.75, 3.05) is 0 Å². The SMILES string of the molecule is CC12OC(c3ccc(C(=O)O)cc31)c1ccc(-c3ccc(F)cc3)cc12. The third-order valence-corrected chi connectivity index (χ3v) is 5.48. The quantitative estimate of drug-likeness (QED) is 0.719. The predicted molar refractivity (Wildman–Crippen MR) is 94.6 cm³/mol. The minimum atomic E-state index is -0.945. The van der Waals surface area contributed by atoms with E-state index < -0.39 is 11.6 Å². The van der Waals surface area contributed by atoms with Gasteiger partial charge < -0.3 is 9.84 Å². The van der Waals surface area contributed by atoms with Crippen LogP contribution in [0.25, 0.3) is 11.1 Å². The molecule has 3 aromatic carbocycles. The molecule has 0 amide bonds. The van der Waals surface area contributed by atoms with Gasteiger partial charge in [0.15, 0.2) is 0 Å². The molecule has 1 N–H and O–H groups in total. The second-order valence-corrected chi connectivity index (χ2v) is 6.95. The van der Waals surface area contributed by atoms with Crippen molar-refractivity contribution >= 4 is 5.97 Å². The Morgan fingerprint density at radius 2 is 1.58 bits per heavy atom. The van der Waals surface area contributed by atoms with Gasteiger partial charge in [-0.2, -0.15) is 0 Å². The van der Waals surface area contributed by atoms with Gasteiger partial charge in [-0.05, 0) is 70.6 Å². The molecule has 0 radical (unpaired) electrons. The maximum atomic E-state index is 13.2. The summed E-state index contributed by atoms with van der Waals surface area (Å²) in [6, 6.07) is 17.7. The van der Waals surface area contributed by atoms with Crippen molar-refractivity contribution in [3.63, 3.8) is 0 Å². The fourth-order valence-corrected chi connectivity index (χ4v) is 4.15. The summed E-state index contributed by atoms with van der Waals surface area (Å²) in [5.41, 5.74) is 5.59. The number of rotatable bonds is 2. The Bertz CT molecular complexity index is 1070. The van der Waals surface area contributed by atoms with Crippen molar-refractivity contribution in [3.8, 4) is 11.1 Å². The van der Waals surface area contributed by atoms with Crippen molar-refractivity contribution in [3.05, 3.63) is 94.3 Å². The van der Waals surface area contributed by atoms with Crippen molar-refractivity contribution in [1.29, 1.82) is 0 Å². The van der Waals surface area contributed by atoms with E-state index in [1.54, 1.807) is 24.3 Å². The minimum absolute atomic E-state index is 0.171. The fourth-order valence-electron chi connectivity index (χ4n) is 4.15. The lowest BCUT2D eigenvalue weighted by Crippen LogP contribution is -2.21. The van der Waals surface area contributed by atoms with Gasteiger partial charge in [-0.3, -0.25) is 0 Å². The first-order valence-electron chi connectivity index (χ1n) is 8.43. The van der Waals surface area contributed by atoms with Crippen LogP contribution < -0.4 is 0 Å². The fraction of sp³-hybridized carbons (Fsp3) is 0.136. The van der Waals surface area contributed by atoms with Crippen molar-refractivity contribution < 1.29 is 19.0 Å². The molecule has 2 heterocycles. The molecule has 0 aliphatic carbocycles. The topological polar surface area (TPSA) is 46.5 Å². The lowest BCUT2D eigenvalue weighted by molar-refractivity contribution is 0.00900. The van der Waals surface area contributed by atoms with Gasteiger partial charge in [0, 0.05) is 0 Å². The van der Waals surface area contributed by atoms with Crippen LogP contribution >= 0.6 is 0 Å². The number of fused-ring (bicyclic) bond motifs is 8. The van der Waals surface area contributed by atoms with Crippen LogP contribution in [0.5, 0.6) is 0 Å². The molecule has 5 rings (SSSR count). The standard InChI is InChI=1S/C22H15FO3/c1-22-18-10-13(12-2-6-15(23)7-3-12)4-8-16(18)20(26-22)17-9-5-14(21(24)25)11-19(17)22/h2-11,20H,1H3,(H,24,25). The van der Waals surface area contributed by atoms with Gasteiger partial charge >= 0.3 is 5.97 Å². The van der Waals surface area contributed by atoms with E-state index >= 15 is 0 Å². The van der Waals surface area contributed by atoms with Gasteiger partial charge in [0.2, 0.25) is 0 Å². The minimum Gasteiger partial charge on any atom is -0.478 e. The van der Waals surface area contributed by atoms with E-state index in [4.69, 9.17) is 4.74 Å². The van der Waals surface area contributed by atoms with Gasteiger partial charge in [0.05, 0.1) is 5.56 Å². The Hall–Kier alpha value is -2.98. The molecule has 2 unspecified atom stereocenters. The van der Waals surface area contributed by atoms with E-state index in [0.29, 0.717) is 0 Å². The molecule has 2 aliphatic heterocycles. The number of ether oxygens (including phenoxy) is 1. The average molecular weight is 346 g/mol. The van der Waals surface area contributed by atoms with Crippen LogP contribution in [0.1, 0.15) is 45.6 Å². The first kappa shape index (κ1) is 15.3. The molecule has 0 aromatic heterocycles. The van der Waals surface area contributed by atoms with Crippen molar-refractivity contribution in [2.24, 2.45) is 0 Å². The highest BCUT2D eigenvalue weighted by atomic mass is 19.1. The predicted octanol–water partition coefficient (Wildman–Crippen LogP) is 4.89. The lowest BCUT2D eigenvalue weighted by atomic mass is 9.77. The van der Waals surface area contributed by atoms with Crippen LogP contribution in [0, 0.1) is 5.82 Å². The van der Waals surface area contributed by atoms with E-state index in [0.717, 1.165) is 33.4 Å². The largest absolute Gasteiger partial charge is 0.478 e. The molecule has 2 bridgehead atoms. The van der Waals surface area contributed by atoms with Gasteiger partial charge in [0.1, 0.15) is 17.5 Å². The molecule has 4 heteroatoms. The Morgan fingerprint density at radius 1 is 0.962 bits per heavy atom. The Balaban J connectivity index is 1.66. The number of benzene rings is 3. The van der Waals surface area contributed by atoms with Gasteiger partial charge in [0.25, 0.3) is 0 Å². The van der Waals surface area contributed by atoms with Crippen LogP contribution in [0.2, 0.25) is 0 Å². The zero-order valence-corrected chi connectivity index (χ0v) is 14.0. The molecule has 2 aliphatic rings. The van der Waals surface area contributed by atoms with Crippen LogP contribution in [0.3, 0.4) is 0 Å². The average Bonchev–Trinajstić information content (AvgIpc) is 3.11. The first-order chi connectivity index (χ1) is 12.5. The normalized spacial score (nSPS) is 22.2. The third-order valence-electron chi connectivity index (χ3n) is 5.48. The summed E-state index contributed by atoms with van der Waals surface area (Å²) in [5.74, 6) is -1.21. The highest BCUT2D eigenvalue weighted by molar-refractivity contribution is 5.88. The molecule has 128 valence electrons. The smallest absolute Gasteiger partial charge is 0.335 e. The number of aromatic carboxylic acids is 1. The molecule has 3 aromatic rings. The first-order valence-corrected chi connectivity index (χ1v) is 8.43. The second-order valence-electron chi connectivity index (χ2n) is 6.95. The summed E-state index contributed by atoms with van der Waals surface area (Å²) < 4.78 is 19.5. The molecule has 26 heavy (non-hydrogen) atoms. The van der Waals surface area contributed by atoms with Gasteiger partial charge in [-0.15, -0.1) is 0 Å². The Labute approximate surface area is 149 Å². The number of carboxylic acid groups (broad SMARTS) is 1. The summed E-state index contributed by atoms with van der Waals surface area (Å²) in [5, 5.41) is 9.31. The Morgan fingerprint density at radius 3 is 2.27 bits per heavy atom. The number of carboxylic acids is 1. The van der Waals surface area contributed by atoms with Crippen molar-refractivity contribution in [2.45, 2.75) is 18.6 Å². The lowest BCUT2D eigenvalue weighted by Gasteiger charge is -2.25.